The van der Waals surface area contributed by atoms with Gasteiger partial charge in [0.2, 0.25) is 5.09 Å². The van der Waals surface area contributed by atoms with E-state index in [0.29, 0.717) is 6.29 Å². The van der Waals surface area contributed by atoms with Gasteiger partial charge in [0.05, 0.1) is 5.75 Å². The fourth-order valence-electron chi connectivity index (χ4n) is 1.10. The first-order chi connectivity index (χ1) is 8.16. The summed E-state index contributed by atoms with van der Waals surface area (Å²) < 4.78 is 51.4. The standard InChI is InChI=1S/C9H13NO6S2/c1-10(5-6-17(2,12)13)18(14,15)9-4-3-8(7-11)16-9/h3-4,7H,5-6H2,1-2H3. The highest BCUT2D eigenvalue weighted by Crippen LogP contribution is 2.16. The van der Waals surface area contributed by atoms with E-state index in [4.69, 9.17) is 4.42 Å². The van der Waals surface area contributed by atoms with Crippen LogP contribution in [0.4, 0.5) is 0 Å². The summed E-state index contributed by atoms with van der Waals surface area (Å²) in [6.45, 7) is -0.182. The largest absolute Gasteiger partial charge is 0.440 e. The zero-order valence-electron chi connectivity index (χ0n) is 9.86. The maximum absolute atomic E-state index is 11.9. The molecule has 0 unspecified atom stereocenters. The Bertz CT molecular complexity index is 628. The summed E-state index contributed by atoms with van der Waals surface area (Å²) in [5.41, 5.74) is 0. The first-order valence-electron chi connectivity index (χ1n) is 4.86. The fourth-order valence-corrected chi connectivity index (χ4v) is 2.91. The van der Waals surface area contributed by atoms with Gasteiger partial charge < -0.3 is 4.42 Å². The van der Waals surface area contributed by atoms with Gasteiger partial charge in [-0.3, -0.25) is 4.79 Å². The highest BCUT2D eigenvalue weighted by molar-refractivity contribution is 7.91. The zero-order valence-corrected chi connectivity index (χ0v) is 11.5. The van der Waals surface area contributed by atoms with E-state index < -0.39 is 19.9 Å². The average Bonchev–Trinajstić information content (AvgIpc) is 2.73. The van der Waals surface area contributed by atoms with E-state index in [1.54, 1.807) is 0 Å². The van der Waals surface area contributed by atoms with Crippen LogP contribution in [0.2, 0.25) is 0 Å². The lowest BCUT2D eigenvalue weighted by atomic mass is 10.5. The highest BCUT2D eigenvalue weighted by atomic mass is 32.2. The van der Waals surface area contributed by atoms with Gasteiger partial charge in [-0.25, -0.2) is 16.8 Å². The molecule has 0 aromatic carbocycles. The monoisotopic (exact) mass is 295 g/mol. The van der Waals surface area contributed by atoms with Crippen LogP contribution >= 0.6 is 0 Å². The summed E-state index contributed by atoms with van der Waals surface area (Å²) in [4.78, 5) is 10.4. The lowest BCUT2D eigenvalue weighted by molar-refractivity contribution is 0.109. The lowest BCUT2D eigenvalue weighted by Crippen LogP contribution is -2.31. The van der Waals surface area contributed by atoms with Crippen molar-refractivity contribution < 1.29 is 26.0 Å². The van der Waals surface area contributed by atoms with Crippen LogP contribution in [-0.4, -0.2) is 53.0 Å². The summed E-state index contributed by atoms with van der Waals surface area (Å²) in [5.74, 6) is -0.394. The second-order valence-corrected chi connectivity index (χ2v) is 7.97. The molecule has 0 saturated heterocycles. The highest BCUT2D eigenvalue weighted by Gasteiger charge is 2.25. The molecule has 0 spiro atoms. The Labute approximate surface area is 105 Å². The Morgan fingerprint density at radius 3 is 2.33 bits per heavy atom. The zero-order chi connectivity index (χ0) is 14.0. The first-order valence-corrected chi connectivity index (χ1v) is 8.36. The molecule has 9 heteroatoms. The smallest absolute Gasteiger partial charge is 0.276 e. The van der Waals surface area contributed by atoms with Crippen molar-refractivity contribution in [3.8, 4) is 0 Å². The maximum atomic E-state index is 11.9. The van der Waals surface area contributed by atoms with Crippen LogP contribution in [0.5, 0.6) is 0 Å². The van der Waals surface area contributed by atoms with Gasteiger partial charge in [-0.05, 0) is 12.1 Å². The number of rotatable bonds is 6. The first kappa shape index (κ1) is 14.9. The van der Waals surface area contributed by atoms with Crippen molar-refractivity contribution >= 4 is 26.1 Å². The van der Waals surface area contributed by atoms with Crippen LogP contribution < -0.4 is 0 Å². The molecule has 102 valence electrons. The van der Waals surface area contributed by atoms with Crippen molar-refractivity contribution in [2.24, 2.45) is 0 Å². The van der Waals surface area contributed by atoms with Gasteiger partial charge in [0.15, 0.2) is 12.0 Å². The van der Waals surface area contributed by atoms with Gasteiger partial charge in [0.1, 0.15) is 9.84 Å². The minimum Gasteiger partial charge on any atom is -0.440 e. The molecule has 0 fully saturated rings. The van der Waals surface area contributed by atoms with E-state index >= 15 is 0 Å². The molecule has 18 heavy (non-hydrogen) atoms. The van der Waals surface area contributed by atoms with Crippen molar-refractivity contribution in [3.63, 3.8) is 0 Å². The van der Waals surface area contributed by atoms with Crippen LogP contribution in [0.3, 0.4) is 0 Å². The molecule has 1 rings (SSSR count). The Kier molecular flexibility index (Phi) is 4.30. The summed E-state index contributed by atoms with van der Waals surface area (Å²) in [7, 11) is -5.92. The van der Waals surface area contributed by atoms with Crippen LogP contribution in [0.25, 0.3) is 0 Å². The third-order valence-corrected chi connectivity index (χ3v) is 4.82. The Morgan fingerprint density at radius 1 is 1.28 bits per heavy atom. The van der Waals surface area contributed by atoms with Crippen LogP contribution in [0, 0.1) is 0 Å². The second-order valence-electron chi connectivity index (χ2n) is 3.73. The van der Waals surface area contributed by atoms with E-state index in [2.05, 4.69) is 0 Å². The molecule has 0 radical (unpaired) electrons. The SMILES string of the molecule is CN(CCS(C)(=O)=O)S(=O)(=O)c1ccc(C=O)o1. The number of hydrogen-bond acceptors (Lipinski definition) is 6. The van der Waals surface area contributed by atoms with E-state index in [9.17, 15) is 21.6 Å². The summed E-state index contributed by atoms with van der Waals surface area (Å²) in [6.07, 6.45) is 1.40. The van der Waals surface area contributed by atoms with Gasteiger partial charge in [-0.15, -0.1) is 0 Å². The van der Waals surface area contributed by atoms with Gasteiger partial charge in [0.25, 0.3) is 10.0 Å². The predicted octanol–water partition coefficient (Wildman–Crippen LogP) is -0.243. The van der Waals surface area contributed by atoms with Crippen molar-refractivity contribution in [2.45, 2.75) is 5.09 Å². The Balaban J connectivity index is 2.89. The minimum atomic E-state index is -3.91. The normalized spacial score (nSPS) is 12.8. The molecule has 0 aliphatic carbocycles. The topological polar surface area (TPSA) is 102 Å². The van der Waals surface area contributed by atoms with E-state index in [0.717, 1.165) is 16.6 Å². The van der Waals surface area contributed by atoms with Gasteiger partial charge in [0, 0.05) is 19.8 Å². The van der Waals surface area contributed by atoms with Crippen molar-refractivity contribution in [2.75, 3.05) is 25.6 Å². The molecule has 0 N–H and O–H groups in total. The quantitative estimate of drug-likeness (QED) is 0.671. The molecular weight excluding hydrogens is 282 g/mol. The third kappa shape index (κ3) is 3.65. The molecule has 1 aromatic rings. The molecule has 0 saturated carbocycles. The second kappa shape index (κ2) is 5.21. The summed E-state index contributed by atoms with van der Waals surface area (Å²) in [5, 5.41) is -0.388. The van der Waals surface area contributed by atoms with E-state index in [-0.39, 0.29) is 23.2 Å². The molecular formula is C9H13NO6S2. The molecule has 0 aliphatic rings. The molecule has 0 atom stereocenters. The van der Waals surface area contributed by atoms with E-state index in [1.165, 1.54) is 13.1 Å². The number of nitrogens with zero attached hydrogens (tertiary/aromatic N) is 1. The van der Waals surface area contributed by atoms with Crippen molar-refractivity contribution in [3.05, 3.63) is 17.9 Å². The number of carbonyl (C=O) groups is 1. The van der Waals surface area contributed by atoms with Crippen molar-refractivity contribution in [1.29, 1.82) is 0 Å². The van der Waals surface area contributed by atoms with Crippen molar-refractivity contribution in [1.82, 2.24) is 4.31 Å². The number of furan rings is 1. The van der Waals surface area contributed by atoms with Crippen LogP contribution in [0.15, 0.2) is 21.6 Å². The lowest BCUT2D eigenvalue weighted by Gasteiger charge is -2.14. The molecule has 1 heterocycles. The average molecular weight is 295 g/mol. The van der Waals surface area contributed by atoms with Gasteiger partial charge in [-0.2, -0.15) is 4.31 Å². The number of hydrogen-bond donors (Lipinski definition) is 0. The number of sulfone groups is 1. The Morgan fingerprint density at radius 2 is 1.89 bits per heavy atom. The number of sulfonamides is 1. The molecule has 7 nitrogen and oxygen atoms in total. The van der Waals surface area contributed by atoms with Gasteiger partial charge in [-0.1, -0.05) is 0 Å². The molecule has 1 aromatic heterocycles. The van der Waals surface area contributed by atoms with Gasteiger partial charge >= 0.3 is 0 Å². The number of aldehydes is 1. The van der Waals surface area contributed by atoms with Crippen LogP contribution in [-0.2, 0) is 19.9 Å². The maximum Gasteiger partial charge on any atom is 0.276 e. The predicted molar refractivity (Wildman–Crippen MR) is 63.6 cm³/mol. The van der Waals surface area contributed by atoms with E-state index in [1.807, 2.05) is 0 Å². The van der Waals surface area contributed by atoms with Crippen LogP contribution in [0.1, 0.15) is 10.6 Å². The third-order valence-electron chi connectivity index (χ3n) is 2.16. The molecule has 0 aliphatic heterocycles. The number of carbonyl (C=O) groups excluding carboxylic acids is 1. The fraction of sp³-hybridized carbons (Fsp3) is 0.444. The molecule has 0 amide bonds. The minimum absolute atomic E-state index is 0.106. The summed E-state index contributed by atoms with van der Waals surface area (Å²) in [6, 6.07) is 2.38. The Hall–Kier alpha value is -1.19. The summed E-state index contributed by atoms with van der Waals surface area (Å²) >= 11 is 0. The molecule has 0 bridgehead atoms.